The number of aromatic nitrogens is 4. The van der Waals surface area contributed by atoms with E-state index in [9.17, 15) is 14.4 Å². The van der Waals surface area contributed by atoms with Gasteiger partial charge in [0.05, 0.1) is 6.33 Å². The number of aryl methyl sites for hydroxylation is 2. The van der Waals surface area contributed by atoms with Crippen LogP contribution in [0.2, 0.25) is 0 Å². The van der Waals surface area contributed by atoms with Gasteiger partial charge < -0.3 is 9.36 Å². The summed E-state index contributed by atoms with van der Waals surface area (Å²) in [6.07, 6.45) is 4.84. The van der Waals surface area contributed by atoms with Crippen molar-refractivity contribution in [2.45, 2.75) is 39.2 Å². The first-order valence-electron chi connectivity index (χ1n) is 7.03. The maximum absolute atomic E-state index is 12.2. The fraction of sp³-hybridized carbons (Fsp3) is 0.571. The van der Waals surface area contributed by atoms with Crippen LogP contribution in [0.4, 0.5) is 0 Å². The zero-order valence-corrected chi connectivity index (χ0v) is 12.6. The fourth-order valence-corrected chi connectivity index (χ4v) is 2.40. The molecule has 2 aromatic heterocycles. The molecule has 0 bridgehead atoms. The zero-order chi connectivity index (χ0) is 15.6. The predicted molar refractivity (Wildman–Crippen MR) is 79.4 cm³/mol. The summed E-state index contributed by atoms with van der Waals surface area (Å²) >= 11 is 0. The van der Waals surface area contributed by atoms with Crippen LogP contribution in [-0.2, 0) is 25.4 Å². The van der Waals surface area contributed by atoms with Gasteiger partial charge in [-0.05, 0) is 19.8 Å². The Kier molecular flexibility index (Phi) is 4.40. The van der Waals surface area contributed by atoms with Crippen LogP contribution in [0.5, 0.6) is 0 Å². The highest BCUT2D eigenvalue weighted by Crippen LogP contribution is 2.08. The van der Waals surface area contributed by atoms with Crippen LogP contribution in [0.3, 0.4) is 0 Å². The topological polar surface area (TPSA) is 78.9 Å². The number of carbonyl (C=O) groups excluding carboxylic acids is 1. The van der Waals surface area contributed by atoms with Gasteiger partial charge in [0.1, 0.15) is 5.78 Å². The standard InChI is InChI=1S/C14H20N4O3/c1-10(19)7-5-4-6-8-18-9-15-12-11(18)13(20)17(3)14(21)16(12)2/h9H,4-8H2,1-3H3. The second-order valence-corrected chi connectivity index (χ2v) is 5.33. The van der Waals surface area contributed by atoms with Gasteiger partial charge in [-0.2, -0.15) is 0 Å². The first-order chi connectivity index (χ1) is 9.93. The van der Waals surface area contributed by atoms with Gasteiger partial charge in [-0.25, -0.2) is 9.78 Å². The molecule has 2 aromatic rings. The molecule has 0 spiro atoms. The Morgan fingerprint density at radius 1 is 1.14 bits per heavy atom. The monoisotopic (exact) mass is 292 g/mol. The molecule has 0 amide bonds. The summed E-state index contributed by atoms with van der Waals surface area (Å²) < 4.78 is 4.25. The highest BCUT2D eigenvalue weighted by Gasteiger charge is 2.13. The van der Waals surface area contributed by atoms with Crippen LogP contribution >= 0.6 is 0 Å². The Bertz CT molecular complexity index is 782. The second kappa shape index (κ2) is 6.07. The van der Waals surface area contributed by atoms with Gasteiger partial charge in [0.15, 0.2) is 11.2 Å². The SMILES string of the molecule is CC(=O)CCCCCn1cnc2c1c(=O)n(C)c(=O)n2C. The number of Topliss-reactive ketones (excluding diaryl/α,β-unsaturated/α-hetero) is 1. The van der Waals surface area contributed by atoms with Crippen molar-refractivity contribution in [3.05, 3.63) is 27.2 Å². The van der Waals surface area contributed by atoms with Gasteiger partial charge in [-0.15, -0.1) is 0 Å². The van der Waals surface area contributed by atoms with Gasteiger partial charge in [0.2, 0.25) is 0 Å². The minimum Gasteiger partial charge on any atom is -0.325 e. The maximum Gasteiger partial charge on any atom is 0.332 e. The lowest BCUT2D eigenvalue weighted by atomic mass is 10.1. The number of ketones is 1. The molecule has 0 atom stereocenters. The number of hydrogen-bond donors (Lipinski definition) is 0. The molecule has 0 aliphatic heterocycles. The third-order valence-corrected chi connectivity index (χ3v) is 3.65. The molecule has 0 radical (unpaired) electrons. The quantitative estimate of drug-likeness (QED) is 0.730. The van der Waals surface area contributed by atoms with Crippen LogP contribution in [0.25, 0.3) is 11.2 Å². The Morgan fingerprint density at radius 3 is 2.52 bits per heavy atom. The van der Waals surface area contributed by atoms with Crippen molar-refractivity contribution in [3.8, 4) is 0 Å². The Morgan fingerprint density at radius 2 is 1.86 bits per heavy atom. The molecule has 7 heteroatoms. The molecule has 0 N–H and O–H groups in total. The van der Waals surface area contributed by atoms with Crippen molar-refractivity contribution < 1.29 is 4.79 Å². The van der Waals surface area contributed by atoms with Crippen molar-refractivity contribution in [2.24, 2.45) is 14.1 Å². The molecule has 0 aliphatic rings. The average Bonchev–Trinajstić information content (AvgIpc) is 2.86. The summed E-state index contributed by atoms with van der Waals surface area (Å²) in [6, 6.07) is 0. The highest BCUT2D eigenvalue weighted by atomic mass is 16.2. The third kappa shape index (κ3) is 2.96. The molecule has 0 unspecified atom stereocenters. The highest BCUT2D eigenvalue weighted by molar-refractivity contribution is 5.75. The summed E-state index contributed by atoms with van der Waals surface area (Å²) in [5.41, 5.74) is 0.159. The van der Waals surface area contributed by atoms with E-state index < -0.39 is 0 Å². The van der Waals surface area contributed by atoms with E-state index in [0.29, 0.717) is 24.1 Å². The molecule has 2 heterocycles. The van der Waals surface area contributed by atoms with Crippen molar-refractivity contribution >= 4 is 16.9 Å². The van der Waals surface area contributed by atoms with E-state index in [1.807, 2.05) is 0 Å². The molecule has 21 heavy (non-hydrogen) atoms. The summed E-state index contributed by atoms with van der Waals surface area (Å²) in [7, 11) is 3.07. The molecular weight excluding hydrogens is 272 g/mol. The third-order valence-electron chi connectivity index (χ3n) is 3.65. The molecule has 0 aliphatic carbocycles. The van der Waals surface area contributed by atoms with Gasteiger partial charge in [0, 0.05) is 27.1 Å². The normalized spacial score (nSPS) is 11.2. The van der Waals surface area contributed by atoms with Crippen molar-refractivity contribution in [1.29, 1.82) is 0 Å². The lowest BCUT2D eigenvalue weighted by Crippen LogP contribution is -2.37. The van der Waals surface area contributed by atoms with Crippen molar-refractivity contribution in [2.75, 3.05) is 0 Å². The first-order valence-corrected chi connectivity index (χ1v) is 7.03. The average molecular weight is 292 g/mol. The van der Waals surface area contributed by atoms with E-state index in [0.717, 1.165) is 23.8 Å². The van der Waals surface area contributed by atoms with Crippen LogP contribution < -0.4 is 11.2 Å². The molecule has 0 saturated heterocycles. The Balaban J connectivity index is 2.21. The van der Waals surface area contributed by atoms with Gasteiger partial charge in [0.25, 0.3) is 5.56 Å². The second-order valence-electron chi connectivity index (χ2n) is 5.33. The Hall–Kier alpha value is -2.18. The maximum atomic E-state index is 12.2. The smallest absolute Gasteiger partial charge is 0.325 e. The fourth-order valence-electron chi connectivity index (χ4n) is 2.40. The van der Waals surface area contributed by atoms with Crippen LogP contribution in [0.1, 0.15) is 32.6 Å². The Labute approximate surface area is 121 Å². The predicted octanol–water partition coefficient (Wildman–Crippen LogP) is 0.583. The lowest BCUT2D eigenvalue weighted by molar-refractivity contribution is -0.117. The summed E-state index contributed by atoms with van der Waals surface area (Å²) in [6.45, 7) is 2.25. The molecular formula is C14H20N4O3. The van der Waals surface area contributed by atoms with Gasteiger partial charge in [-0.3, -0.25) is 13.9 Å². The van der Waals surface area contributed by atoms with Gasteiger partial charge in [-0.1, -0.05) is 6.42 Å². The summed E-state index contributed by atoms with van der Waals surface area (Å²) in [5.74, 6) is 0.201. The number of unbranched alkanes of at least 4 members (excludes halogenated alkanes) is 2. The van der Waals surface area contributed by atoms with E-state index in [1.54, 1.807) is 24.9 Å². The molecule has 0 saturated carbocycles. The minimum absolute atomic E-state index is 0.201. The first kappa shape index (κ1) is 15.2. The number of hydrogen-bond acceptors (Lipinski definition) is 4. The van der Waals surface area contributed by atoms with E-state index >= 15 is 0 Å². The molecule has 114 valence electrons. The van der Waals surface area contributed by atoms with Gasteiger partial charge >= 0.3 is 5.69 Å². The number of imidazole rings is 1. The molecule has 0 fully saturated rings. The number of rotatable bonds is 6. The number of carbonyl (C=O) groups is 1. The minimum atomic E-state index is -0.376. The molecule has 7 nitrogen and oxygen atoms in total. The number of fused-ring (bicyclic) bond motifs is 1. The molecule has 2 rings (SSSR count). The molecule has 0 aromatic carbocycles. The zero-order valence-electron chi connectivity index (χ0n) is 12.6. The van der Waals surface area contributed by atoms with E-state index in [-0.39, 0.29) is 17.0 Å². The van der Waals surface area contributed by atoms with E-state index in [1.165, 1.54) is 11.6 Å². The van der Waals surface area contributed by atoms with Crippen LogP contribution in [0.15, 0.2) is 15.9 Å². The summed E-state index contributed by atoms with van der Waals surface area (Å²) in [5, 5.41) is 0. The van der Waals surface area contributed by atoms with Crippen LogP contribution in [-0.4, -0.2) is 24.5 Å². The van der Waals surface area contributed by atoms with E-state index in [2.05, 4.69) is 4.98 Å². The van der Waals surface area contributed by atoms with Crippen molar-refractivity contribution in [3.63, 3.8) is 0 Å². The van der Waals surface area contributed by atoms with E-state index in [4.69, 9.17) is 0 Å². The number of nitrogens with zero attached hydrogens (tertiary/aromatic N) is 4. The largest absolute Gasteiger partial charge is 0.332 e. The lowest BCUT2D eigenvalue weighted by Gasteiger charge is -2.06. The summed E-state index contributed by atoms with van der Waals surface area (Å²) in [4.78, 5) is 39.1. The van der Waals surface area contributed by atoms with Crippen LogP contribution in [0, 0.1) is 0 Å². The van der Waals surface area contributed by atoms with Crippen molar-refractivity contribution in [1.82, 2.24) is 18.7 Å².